The molecule has 34 heavy (non-hydrogen) atoms. The van der Waals surface area contributed by atoms with Crippen molar-refractivity contribution in [2.45, 2.75) is 57.8 Å². The van der Waals surface area contributed by atoms with E-state index in [1.165, 1.54) is 13.8 Å². The lowest BCUT2D eigenvalue weighted by Gasteiger charge is -2.44. The second-order valence-electron chi connectivity index (χ2n) is 8.17. The minimum atomic E-state index is -0.758. The Hall–Kier alpha value is -3.39. The molecule has 0 radical (unpaired) electrons. The van der Waals surface area contributed by atoms with Crippen LogP contribution in [0.4, 0.5) is 0 Å². The van der Waals surface area contributed by atoms with Gasteiger partial charge in [-0.3, -0.25) is 9.59 Å². The first-order valence-electron chi connectivity index (χ1n) is 11.1. The summed E-state index contributed by atoms with van der Waals surface area (Å²) in [6.07, 6.45) is -1.89. The molecule has 0 bridgehead atoms. The molecule has 0 N–H and O–H groups in total. The summed E-state index contributed by atoms with van der Waals surface area (Å²) < 4.78 is 23.4. The van der Waals surface area contributed by atoms with Gasteiger partial charge < -0.3 is 18.9 Å². The molecule has 180 valence electrons. The van der Waals surface area contributed by atoms with Crippen LogP contribution in [0.2, 0.25) is 0 Å². The molecule has 1 aliphatic rings. The number of esters is 2. The minimum Gasteiger partial charge on any atom is -0.465 e. The molecular weight excluding hydrogens is 438 g/mol. The number of hydrogen-bond donors (Lipinski definition) is 0. The quantitative estimate of drug-likeness (QED) is 0.222. The molecule has 3 rings (SSSR count). The molecule has 2 aromatic carbocycles. The Morgan fingerprint density at radius 2 is 1.44 bits per heavy atom. The highest BCUT2D eigenvalue weighted by atomic mass is 16.6. The maximum absolute atomic E-state index is 12.0. The van der Waals surface area contributed by atoms with Gasteiger partial charge in [-0.05, 0) is 23.1 Å². The van der Waals surface area contributed by atoms with Gasteiger partial charge in [-0.25, -0.2) is 0 Å². The zero-order chi connectivity index (χ0) is 24.3. The fraction of sp³-hybridized carbons (Fsp3) is 0.440. The van der Waals surface area contributed by atoms with Crippen molar-refractivity contribution in [1.82, 2.24) is 0 Å². The first-order chi connectivity index (χ1) is 16.5. The summed E-state index contributed by atoms with van der Waals surface area (Å²) in [5.74, 6) is -1.37. The fourth-order valence-electron chi connectivity index (χ4n) is 4.10. The average molecular weight is 468 g/mol. The van der Waals surface area contributed by atoms with Crippen LogP contribution in [0.1, 0.15) is 31.4 Å². The number of rotatable bonds is 10. The topological polar surface area (TPSA) is 120 Å². The first kappa shape index (κ1) is 25.2. The normalized spacial score (nSPS) is 24.0. The standard InChI is InChI=1S/C25H29N3O6/c1-17(29)31-16-21-13-22(27-28-26)24(32-14-19-9-5-3-6-10-19)25(23(21)34-18(2)30)33-15-20-11-7-4-8-12-20/h3-12,21-25H,13-16H2,1-2H3/t21-,22+,23+,24+,25+/m0/s1. The first-order valence-corrected chi connectivity index (χ1v) is 11.1. The van der Waals surface area contributed by atoms with Gasteiger partial charge in [0.2, 0.25) is 0 Å². The highest BCUT2D eigenvalue weighted by Crippen LogP contribution is 2.35. The van der Waals surface area contributed by atoms with Gasteiger partial charge in [0.05, 0.1) is 32.0 Å². The minimum absolute atomic E-state index is 0.00132. The van der Waals surface area contributed by atoms with E-state index in [1.807, 2.05) is 60.7 Å². The van der Waals surface area contributed by atoms with Crippen LogP contribution >= 0.6 is 0 Å². The molecule has 0 unspecified atom stereocenters. The molecule has 0 aliphatic heterocycles. The summed E-state index contributed by atoms with van der Waals surface area (Å²) in [5, 5.41) is 3.97. The van der Waals surface area contributed by atoms with Crippen molar-refractivity contribution in [3.63, 3.8) is 0 Å². The van der Waals surface area contributed by atoms with E-state index in [4.69, 9.17) is 18.9 Å². The zero-order valence-electron chi connectivity index (χ0n) is 19.3. The molecule has 0 spiro atoms. The number of benzene rings is 2. The molecule has 1 fully saturated rings. The predicted molar refractivity (Wildman–Crippen MR) is 123 cm³/mol. The van der Waals surface area contributed by atoms with E-state index in [1.54, 1.807) is 0 Å². The molecule has 2 aromatic rings. The van der Waals surface area contributed by atoms with E-state index >= 15 is 0 Å². The van der Waals surface area contributed by atoms with Crippen molar-refractivity contribution >= 4 is 11.9 Å². The van der Waals surface area contributed by atoms with Gasteiger partial charge in [-0.15, -0.1) is 0 Å². The second kappa shape index (κ2) is 12.7. The Kier molecular flexibility index (Phi) is 9.46. The smallest absolute Gasteiger partial charge is 0.303 e. The van der Waals surface area contributed by atoms with Gasteiger partial charge in [-0.1, -0.05) is 65.8 Å². The summed E-state index contributed by atoms with van der Waals surface area (Å²) in [6.45, 7) is 3.12. The summed E-state index contributed by atoms with van der Waals surface area (Å²) in [5.41, 5.74) is 11.1. The highest BCUT2D eigenvalue weighted by molar-refractivity contribution is 5.66. The summed E-state index contributed by atoms with van der Waals surface area (Å²) in [7, 11) is 0. The van der Waals surface area contributed by atoms with E-state index < -0.39 is 42.2 Å². The SMILES string of the molecule is CC(=O)OC[C@@H]1C[C@@H](N=[N+]=[N-])[C@@H](OCc2ccccc2)[C@H](OCc2ccccc2)[C@@H]1OC(C)=O. The van der Waals surface area contributed by atoms with Gasteiger partial charge in [0.15, 0.2) is 0 Å². The lowest BCUT2D eigenvalue weighted by molar-refractivity contribution is -0.200. The fourth-order valence-corrected chi connectivity index (χ4v) is 4.10. The van der Waals surface area contributed by atoms with E-state index in [2.05, 4.69) is 10.0 Å². The van der Waals surface area contributed by atoms with Gasteiger partial charge in [0.1, 0.15) is 12.2 Å². The Morgan fingerprint density at radius 3 is 1.94 bits per heavy atom. The third kappa shape index (κ3) is 7.31. The van der Waals surface area contributed by atoms with Crippen molar-refractivity contribution < 1.29 is 28.5 Å². The Bertz CT molecular complexity index is 981. The lowest BCUT2D eigenvalue weighted by atomic mass is 9.79. The molecule has 5 atom stereocenters. The lowest BCUT2D eigenvalue weighted by Crippen LogP contribution is -2.57. The highest BCUT2D eigenvalue weighted by Gasteiger charge is 2.48. The van der Waals surface area contributed by atoms with Crippen molar-refractivity contribution in [3.8, 4) is 0 Å². The van der Waals surface area contributed by atoms with E-state index in [-0.39, 0.29) is 19.8 Å². The van der Waals surface area contributed by atoms with Crippen LogP contribution in [0.5, 0.6) is 0 Å². The number of hydrogen-bond acceptors (Lipinski definition) is 7. The molecule has 0 aromatic heterocycles. The molecule has 1 saturated carbocycles. The number of azide groups is 1. The molecule has 0 saturated heterocycles. The number of nitrogens with zero attached hydrogens (tertiary/aromatic N) is 3. The Morgan fingerprint density at radius 1 is 0.882 bits per heavy atom. The monoisotopic (exact) mass is 467 g/mol. The molecule has 0 heterocycles. The third-order valence-corrected chi connectivity index (χ3v) is 5.61. The molecule has 9 heteroatoms. The van der Waals surface area contributed by atoms with E-state index in [9.17, 15) is 15.1 Å². The summed E-state index contributed by atoms with van der Waals surface area (Å²) >= 11 is 0. The molecule has 1 aliphatic carbocycles. The Balaban J connectivity index is 1.91. The maximum atomic E-state index is 12.0. The van der Waals surface area contributed by atoms with Crippen LogP contribution in [0.3, 0.4) is 0 Å². The largest absolute Gasteiger partial charge is 0.465 e. The number of carbonyl (C=O) groups excluding carboxylic acids is 2. The van der Waals surface area contributed by atoms with Crippen molar-refractivity contribution in [3.05, 3.63) is 82.2 Å². The average Bonchev–Trinajstić information content (AvgIpc) is 2.83. The predicted octanol–water partition coefficient (Wildman–Crippen LogP) is 4.35. The van der Waals surface area contributed by atoms with Crippen LogP contribution in [0.25, 0.3) is 10.4 Å². The molecule has 0 amide bonds. The number of ether oxygens (including phenoxy) is 4. The number of carbonyl (C=O) groups is 2. The third-order valence-electron chi connectivity index (χ3n) is 5.61. The van der Waals surface area contributed by atoms with Crippen molar-refractivity contribution in [2.75, 3.05) is 6.61 Å². The van der Waals surface area contributed by atoms with Crippen molar-refractivity contribution in [2.24, 2.45) is 11.0 Å². The van der Waals surface area contributed by atoms with Gasteiger partial charge in [0.25, 0.3) is 0 Å². The van der Waals surface area contributed by atoms with Gasteiger partial charge in [0, 0.05) is 24.7 Å². The van der Waals surface area contributed by atoms with Crippen LogP contribution in [0.15, 0.2) is 65.8 Å². The zero-order valence-corrected chi connectivity index (χ0v) is 19.3. The van der Waals surface area contributed by atoms with E-state index in [0.717, 1.165) is 11.1 Å². The summed E-state index contributed by atoms with van der Waals surface area (Å²) in [4.78, 5) is 26.5. The van der Waals surface area contributed by atoms with Crippen molar-refractivity contribution in [1.29, 1.82) is 0 Å². The van der Waals surface area contributed by atoms with Crippen LogP contribution < -0.4 is 0 Å². The van der Waals surface area contributed by atoms with E-state index in [0.29, 0.717) is 6.42 Å². The van der Waals surface area contributed by atoms with Gasteiger partial charge >= 0.3 is 11.9 Å². The van der Waals surface area contributed by atoms with Gasteiger partial charge in [-0.2, -0.15) is 0 Å². The molecular formula is C25H29N3O6. The van der Waals surface area contributed by atoms with Crippen LogP contribution in [-0.2, 0) is 41.8 Å². The second-order valence-corrected chi connectivity index (χ2v) is 8.17. The maximum Gasteiger partial charge on any atom is 0.303 e. The molecule has 9 nitrogen and oxygen atoms in total. The van der Waals surface area contributed by atoms with Crippen LogP contribution in [0, 0.1) is 5.92 Å². The Labute approximate surface area is 198 Å². The van der Waals surface area contributed by atoms with Crippen LogP contribution in [-0.4, -0.2) is 42.9 Å². The summed E-state index contributed by atoms with van der Waals surface area (Å²) in [6, 6.07) is 18.5.